The number of nitrogens with zero attached hydrogens (tertiary/aromatic N) is 3. The minimum atomic E-state index is -0.357. The molecule has 1 N–H and O–H groups in total. The number of likely N-dealkylation sites (tertiary alicyclic amines) is 1. The molecule has 2 fully saturated rings. The van der Waals surface area contributed by atoms with E-state index in [0.717, 1.165) is 26.2 Å². The van der Waals surface area contributed by atoms with Crippen LogP contribution in [0.5, 0.6) is 0 Å². The first-order valence-electron chi connectivity index (χ1n) is 11.1. The number of benzene rings is 1. The van der Waals surface area contributed by atoms with Gasteiger partial charge in [-0.2, -0.15) is 0 Å². The normalized spacial score (nSPS) is 21.6. The Kier molecular flexibility index (Phi) is 7.05. The quantitative estimate of drug-likeness (QED) is 0.750. The van der Waals surface area contributed by atoms with Crippen LogP contribution in [0, 0.1) is 6.92 Å². The zero-order valence-corrected chi connectivity index (χ0v) is 19.2. The molecule has 2 atom stereocenters. The number of rotatable bonds is 6. The highest BCUT2D eigenvalue weighted by Crippen LogP contribution is 2.28. The number of carbonyl (C=O) groups excluding carboxylic acids is 2. The van der Waals surface area contributed by atoms with Gasteiger partial charge in [-0.05, 0) is 30.4 Å². The van der Waals surface area contributed by atoms with Crippen molar-refractivity contribution in [1.29, 1.82) is 0 Å². The predicted octanol–water partition coefficient (Wildman–Crippen LogP) is 2.48. The van der Waals surface area contributed by atoms with E-state index in [-0.39, 0.29) is 23.9 Å². The number of hydrogen-bond donors (Lipinski definition) is 1. The van der Waals surface area contributed by atoms with Gasteiger partial charge in [-0.1, -0.05) is 35.9 Å². The fourth-order valence-electron chi connectivity index (χ4n) is 4.60. The van der Waals surface area contributed by atoms with Gasteiger partial charge >= 0.3 is 0 Å². The fourth-order valence-corrected chi connectivity index (χ4v) is 5.33. The van der Waals surface area contributed by atoms with E-state index in [0.29, 0.717) is 26.1 Å². The molecule has 3 heterocycles. The molecule has 4 rings (SSSR count). The smallest absolute Gasteiger partial charge is 0.245 e. The van der Waals surface area contributed by atoms with E-state index >= 15 is 0 Å². The average Bonchev–Trinajstić information content (AvgIpc) is 3.45. The molecule has 0 aliphatic carbocycles. The Morgan fingerprint density at radius 2 is 1.87 bits per heavy atom. The Bertz CT molecular complexity index is 877. The molecule has 6 nitrogen and oxygen atoms in total. The third-order valence-corrected chi connectivity index (χ3v) is 7.22. The van der Waals surface area contributed by atoms with Crippen LogP contribution < -0.4 is 5.32 Å². The van der Waals surface area contributed by atoms with Crippen molar-refractivity contribution in [3.05, 3.63) is 57.8 Å². The number of thiophene rings is 1. The second-order valence-corrected chi connectivity index (χ2v) is 9.65. The lowest BCUT2D eigenvalue weighted by Gasteiger charge is -2.32. The van der Waals surface area contributed by atoms with Gasteiger partial charge in [0.2, 0.25) is 11.8 Å². The Morgan fingerprint density at radius 3 is 2.52 bits per heavy atom. The predicted molar refractivity (Wildman–Crippen MR) is 124 cm³/mol. The molecule has 2 aliphatic heterocycles. The maximum Gasteiger partial charge on any atom is 0.245 e. The summed E-state index contributed by atoms with van der Waals surface area (Å²) in [5, 5.41) is 5.40. The van der Waals surface area contributed by atoms with Gasteiger partial charge in [0.25, 0.3) is 0 Å². The van der Waals surface area contributed by atoms with Gasteiger partial charge in [0.05, 0.1) is 0 Å². The summed E-state index contributed by atoms with van der Waals surface area (Å²) in [6.45, 7) is 9.00. The fraction of sp³-hybridized carbons (Fsp3) is 0.500. The zero-order valence-electron chi connectivity index (χ0n) is 18.4. The molecular weight excluding hydrogens is 408 g/mol. The summed E-state index contributed by atoms with van der Waals surface area (Å²) in [4.78, 5) is 33.2. The number of hydrogen-bond acceptors (Lipinski definition) is 5. The van der Waals surface area contributed by atoms with E-state index in [2.05, 4.69) is 58.9 Å². The van der Waals surface area contributed by atoms with Crippen LogP contribution in [0.25, 0.3) is 0 Å². The summed E-state index contributed by atoms with van der Waals surface area (Å²) in [6.07, 6.45) is 0.694. The van der Waals surface area contributed by atoms with E-state index in [9.17, 15) is 9.59 Å². The highest BCUT2D eigenvalue weighted by atomic mass is 32.1. The molecule has 2 aliphatic rings. The molecule has 1 aromatic carbocycles. The third-order valence-electron chi connectivity index (χ3n) is 6.36. The molecule has 2 amide bonds. The molecule has 2 aromatic rings. The molecule has 2 unspecified atom stereocenters. The van der Waals surface area contributed by atoms with E-state index in [1.807, 2.05) is 4.90 Å². The van der Waals surface area contributed by atoms with Crippen LogP contribution in [-0.2, 0) is 22.7 Å². The SMILES string of the molecule is CC(=O)N1CC(N(Cc2ccc(C)cc2)Cc2cccs2)CC1C(=O)N1CCNCC1. The average molecular weight is 441 g/mol. The minimum Gasteiger partial charge on any atom is -0.338 e. The Morgan fingerprint density at radius 1 is 1.13 bits per heavy atom. The van der Waals surface area contributed by atoms with Crippen molar-refractivity contribution in [2.45, 2.75) is 45.4 Å². The first-order chi connectivity index (χ1) is 15.0. The largest absolute Gasteiger partial charge is 0.338 e. The summed E-state index contributed by atoms with van der Waals surface area (Å²) in [7, 11) is 0. The molecule has 1 aromatic heterocycles. The van der Waals surface area contributed by atoms with E-state index < -0.39 is 0 Å². The lowest BCUT2D eigenvalue weighted by Crippen LogP contribution is -2.53. The van der Waals surface area contributed by atoms with Crippen LogP contribution in [0.2, 0.25) is 0 Å². The monoisotopic (exact) mass is 440 g/mol. The lowest BCUT2D eigenvalue weighted by molar-refractivity contribution is -0.143. The first kappa shape index (κ1) is 22.0. The van der Waals surface area contributed by atoms with Gasteiger partial charge in [-0.3, -0.25) is 14.5 Å². The number of nitrogens with one attached hydrogen (secondary N) is 1. The summed E-state index contributed by atoms with van der Waals surface area (Å²) < 4.78 is 0. The Hall–Kier alpha value is -2.22. The number of amides is 2. The van der Waals surface area contributed by atoms with Crippen molar-refractivity contribution in [3.63, 3.8) is 0 Å². The maximum atomic E-state index is 13.3. The maximum absolute atomic E-state index is 13.3. The molecule has 0 bridgehead atoms. The number of carbonyl (C=O) groups is 2. The van der Waals surface area contributed by atoms with Gasteiger partial charge in [0.15, 0.2) is 0 Å². The standard InChI is InChI=1S/C24H32N4O2S/c1-18-5-7-20(8-6-18)15-27(17-22-4-3-13-31-22)21-14-23(28(16-21)19(2)29)24(30)26-11-9-25-10-12-26/h3-8,13,21,23,25H,9-12,14-17H2,1-2H3. The van der Waals surface area contributed by atoms with E-state index in [1.54, 1.807) is 23.2 Å². The van der Waals surface area contributed by atoms with Crippen LogP contribution in [-0.4, -0.2) is 71.3 Å². The van der Waals surface area contributed by atoms with Crippen LogP contribution in [0.1, 0.15) is 29.3 Å². The molecular formula is C24H32N4O2S. The second-order valence-electron chi connectivity index (χ2n) is 8.62. The highest BCUT2D eigenvalue weighted by Gasteiger charge is 2.42. The summed E-state index contributed by atoms with van der Waals surface area (Å²) in [6, 6.07) is 12.7. The summed E-state index contributed by atoms with van der Waals surface area (Å²) in [5.41, 5.74) is 2.51. The number of aryl methyl sites for hydroxylation is 1. The van der Waals surface area contributed by atoms with Gasteiger partial charge in [0.1, 0.15) is 6.04 Å². The van der Waals surface area contributed by atoms with Crippen molar-refractivity contribution in [2.24, 2.45) is 0 Å². The van der Waals surface area contributed by atoms with Gasteiger partial charge < -0.3 is 15.1 Å². The topological polar surface area (TPSA) is 55.9 Å². The van der Waals surface area contributed by atoms with Gasteiger partial charge in [-0.15, -0.1) is 11.3 Å². The van der Waals surface area contributed by atoms with Crippen LogP contribution in [0.4, 0.5) is 0 Å². The van der Waals surface area contributed by atoms with Gasteiger partial charge in [0, 0.05) is 63.7 Å². The summed E-state index contributed by atoms with van der Waals surface area (Å²) >= 11 is 1.76. The molecule has 7 heteroatoms. The molecule has 31 heavy (non-hydrogen) atoms. The van der Waals surface area contributed by atoms with Crippen LogP contribution >= 0.6 is 11.3 Å². The van der Waals surface area contributed by atoms with E-state index in [4.69, 9.17) is 0 Å². The molecule has 166 valence electrons. The van der Waals surface area contributed by atoms with Crippen molar-refractivity contribution >= 4 is 23.2 Å². The van der Waals surface area contributed by atoms with E-state index in [1.165, 1.54) is 16.0 Å². The van der Waals surface area contributed by atoms with Crippen LogP contribution in [0.15, 0.2) is 41.8 Å². The van der Waals surface area contributed by atoms with Crippen molar-refractivity contribution < 1.29 is 9.59 Å². The molecule has 0 radical (unpaired) electrons. The summed E-state index contributed by atoms with van der Waals surface area (Å²) in [5.74, 6) is 0.0907. The highest BCUT2D eigenvalue weighted by molar-refractivity contribution is 7.09. The molecule has 0 spiro atoms. The molecule has 2 saturated heterocycles. The van der Waals surface area contributed by atoms with Crippen molar-refractivity contribution in [3.8, 4) is 0 Å². The molecule has 0 saturated carbocycles. The lowest BCUT2D eigenvalue weighted by atomic mass is 10.1. The van der Waals surface area contributed by atoms with Crippen molar-refractivity contribution in [2.75, 3.05) is 32.7 Å². The first-order valence-corrected chi connectivity index (χ1v) is 12.0. The number of piperazine rings is 1. The Balaban J connectivity index is 1.54. The Labute approximate surface area is 188 Å². The van der Waals surface area contributed by atoms with Crippen molar-refractivity contribution in [1.82, 2.24) is 20.0 Å². The second kappa shape index (κ2) is 9.94. The minimum absolute atomic E-state index is 0.0117. The zero-order chi connectivity index (χ0) is 21.8. The van der Waals surface area contributed by atoms with Crippen LogP contribution in [0.3, 0.4) is 0 Å². The van der Waals surface area contributed by atoms with Gasteiger partial charge in [-0.25, -0.2) is 0 Å². The third kappa shape index (κ3) is 5.34.